The second-order valence-electron chi connectivity index (χ2n) is 5.72. The number of pyridine rings is 1. The average Bonchev–Trinajstić information content (AvgIpc) is 3.00. The number of ether oxygens (including phenoxy) is 1. The first-order valence-electron chi connectivity index (χ1n) is 7.84. The highest BCUT2D eigenvalue weighted by atomic mass is 16.5. The van der Waals surface area contributed by atoms with Crippen molar-refractivity contribution in [3.8, 4) is 11.6 Å². The van der Waals surface area contributed by atoms with E-state index in [9.17, 15) is 24.6 Å². The number of carbonyl (C=O) groups is 3. The summed E-state index contributed by atoms with van der Waals surface area (Å²) in [5.41, 5.74) is 0.490. The number of ketones is 1. The Morgan fingerprint density at radius 1 is 1.15 bits per heavy atom. The van der Waals surface area contributed by atoms with E-state index in [1.54, 1.807) is 24.3 Å². The molecule has 0 spiro atoms. The number of carboxylic acid groups (broad SMARTS) is 2. The van der Waals surface area contributed by atoms with E-state index in [1.807, 2.05) is 0 Å². The lowest BCUT2D eigenvalue weighted by atomic mass is 10.2. The molecule has 0 aliphatic heterocycles. The van der Waals surface area contributed by atoms with Gasteiger partial charge in [-0.3, -0.25) is 4.79 Å². The van der Waals surface area contributed by atoms with Gasteiger partial charge in [0.1, 0.15) is 17.2 Å². The number of rotatable bonds is 6. The lowest BCUT2D eigenvalue weighted by Gasteiger charge is -2.08. The highest BCUT2D eigenvalue weighted by Gasteiger charge is 2.19. The van der Waals surface area contributed by atoms with E-state index in [2.05, 4.69) is 10.3 Å². The van der Waals surface area contributed by atoms with Crippen molar-refractivity contribution in [1.82, 2.24) is 9.55 Å². The van der Waals surface area contributed by atoms with Gasteiger partial charge in [-0.05, 0) is 31.2 Å². The molecule has 3 N–H and O–H groups in total. The molecule has 0 saturated heterocycles. The van der Waals surface area contributed by atoms with Crippen LogP contribution < -0.4 is 10.1 Å². The summed E-state index contributed by atoms with van der Waals surface area (Å²) in [6.45, 7) is 1.66. The summed E-state index contributed by atoms with van der Waals surface area (Å²) >= 11 is 0. The minimum Gasteiger partial charge on any atom is -0.477 e. The molecule has 1 aromatic carbocycles. The van der Waals surface area contributed by atoms with Crippen LogP contribution in [0.15, 0.2) is 42.6 Å². The molecule has 9 nitrogen and oxygen atoms in total. The van der Waals surface area contributed by atoms with Crippen LogP contribution in [0.3, 0.4) is 0 Å². The summed E-state index contributed by atoms with van der Waals surface area (Å²) in [6, 6.07) is 9.14. The molecule has 0 fully saturated rings. The van der Waals surface area contributed by atoms with Crippen molar-refractivity contribution in [3.05, 3.63) is 48.3 Å². The number of carbonyl (C=O) groups excluding carboxylic acids is 1. The number of hydrogen-bond donors (Lipinski definition) is 3. The predicted octanol–water partition coefficient (Wildman–Crippen LogP) is 3.05. The number of Topliss-reactive ketones (excluding diaryl/α,β-unsaturated/α-hetero) is 1. The van der Waals surface area contributed by atoms with Crippen LogP contribution >= 0.6 is 0 Å². The average molecular weight is 369 g/mol. The van der Waals surface area contributed by atoms with Gasteiger partial charge in [-0.15, -0.1) is 0 Å². The maximum atomic E-state index is 11.4. The molecule has 9 heteroatoms. The van der Waals surface area contributed by atoms with Crippen LogP contribution in [0.5, 0.6) is 11.6 Å². The Balaban J connectivity index is 1.87. The largest absolute Gasteiger partial charge is 0.477 e. The van der Waals surface area contributed by atoms with E-state index in [4.69, 9.17) is 4.74 Å². The van der Waals surface area contributed by atoms with Crippen molar-refractivity contribution in [2.24, 2.45) is 0 Å². The molecule has 138 valence electrons. The summed E-state index contributed by atoms with van der Waals surface area (Å²) in [6.07, 6.45) is 0.0952. The molecule has 3 aromatic rings. The highest BCUT2D eigenvalue weighted by Crippen LogP contribution is 2.27. The smallest absolute Gasteiger partial charge is 0.416 e. The van der Waals surface area contributed by atoms with Crippen molar-refractivity contribution >= 4 is 34.4 Å². The third-order valence-electron chi connectivity index (χ3n) is 3.69. The molecule has 0 unspecified atom stereocenters. The van der Waals surface area contributed by atoms with Crippen LogP contribution in [-0.2, 0) is 4.79 Å². The van der Waals surface area contributed by atoms with Gasteiger partial charge >= 0.3 is 12.1 Å². The van der Waals surface area contributed by atoms with Crippen molar-refractivity contribution in [3.63, 3.8) is 0 Å². The Bertz CT molecular complexity index is 1040. The fourth-order valence-corrected chi connectivity index (χ4v) is 2.50. The van der Waals surface area contributed by atoms with Gasteiger partial charge in [-0.1, -0.05) is 0 Å². The third-order valence-corrected chi connectivity index (χ3v) is 3.69. The van der Waals surface area contributed by atoms with Gasteiger partial charge in [0, 0.05) is 17.5 Å². The van der Waals surface area contributed by atoms with E-state index < -0.39 is 12.1 Å². The molecule has 0 atom stereocenters. The van der Waals surface area contributed by atoms with Crippen LogP contribution in [-0.4, -0.2) is 44.2 Å². The molecule has 2 heterocycles. The predicted molar refractivity (Wildman–Crippen MR) is 95.8 cm³/mol. The second kappa shape index (κ2) is 7.16. The van der Waals surface area contributed by atoms with Gasteiger partial charge in [-0.2, -0.15) is 0 Å². The van der Waals surface area contributed by atoms with Crippen LogP contribution in [0.25, 0.3) is 10.9 Å². The van der Waals surface area contributed by atoms with Crippen LogP contribution in [0, 0.1) is 0 Å². The normalized spacial score (nSPS) is 10.6. The molecular formula is C18H15N3O6. The Labute approximate surface area is 152 Å². The molecule has 0 aliphatic rings. The lowest BCUT2D eigenvalue weighted by molar-refractivity contribution is -0.115. The first kappa shape index (κ1) is 17.9. The van der Waals surface area contributed by atoms with Crippen molar-refractivity contribution < 1.29 is 29.3 Å². The molecule has 2 aromatic heterocycles. The molecule has 0 radical (unpaired) electrons. The number of anilines is 1. The number of hydrogen-bond acceptors (Lipinski definition) is 6. The number of nitrogens with one attached hydrogen (secondary N) is 1. The molecule has 0 saturated carbocycles. The molecule has 0 bridgehead atoms. The van der Waals surface area contributed by atoms with Gasteiger partial charge in [0.2, 0.25) is 5.88 Å². The Hall–Kier alpha value is -3.88. The van der Waals surface area contributed by atoms with Crippen molar-refractivity contribution in [1.29, 1.82) is 0 Å². The van der Waals surface area contributed by atoms with Gasteiger partial charge in [-0.25, -0.2) is 19.1 Å². The van der Waals surface area contributed by atoms with E-state index in [0.29, 0.717) is 21.4 Å². The Morgan fingerprint density at radius 3 is 2.52 bits per heavy atom. The summed E-state index contributed by atoms with van der Waals surface area (Å²) in [7, 11) is 0. The maximum absolute atomic E-state index is 11.4. The quantitative estimate of drug-likeness (QED) is 0.604. The molecular weight excluding hydrogens is 354 g/mol. The Morgan fingerprint density at radius 2 is 1.93 bits per heavy atom. The topological polar surface area (TPSA) is 131 Å². The van der Waals surface area contributed by atoms with E-state index in [1.165, 1.54) is 25.3 Å². The molecule has 0 aliphatic carbocycles. The van der Waals surface area contributed by atoms with Crippen molar-refractivity contribution in [2.45, 2.75) is 6.92 Å². The number of nitrogens with zero attached hydrogens (tertiary/aromatic N) is 2. The van der Waals surface area contributed by atoms with Crippen molar-refractivity contribution in [2.75, 3.05) is 11.9 Å². The summed E-state index contributed by atoms with van der Waals surface area (Å²) in [5.74, 6) is -0.788. The fraction of sp³-hybridized carbons (Fsp3) is 0.111. The minimum absolute atomic E-state index is 0.00853. The van der Waals surface area contributed by atoms with Gasteiger partial charge in [0.25, 0.3) is 0 Å². The zero-order chi connectivity index (χ0) is 19.6. The SMILES string of the molecule is CC(=O)CNc1ccc(Oc2ccc3cc(C(=O)O)n(C(=O)O)c3c2)nc1. The monoisotopic (exact) mass is 369 g/mol. The van der Waals surface area contributed by atoms with Gasteiger partial charge < -0.3 is 20.3 Å². The molecule has 3 rings (SSSR count). The van der Waals surface area contributed by atoms with Crippen LogP contribution in [0.2, 0.25) is 0 Å². The van der Waals surface area contributed by atoms with Gasteiger partial charge in [0.15, 0.2) is 0 Å². The summed E-state index contributed by atoms with van der Waals surface area (Å²) in [5, 5.41) is 21.8. The van der Waals surface area contributed by atoms with Crippen LogP contribution in [0.1, 0.15) is 17.4 Å². The second-order valence-corrected chi connectivity index (χ2v) is 5.72. The molecule has 27 heavy (non-hydrogen) atoms. The van der Waals surface area contributed by atoms with E-state index in [-0.39, 0.29) is 29.4 Å². The highest BCUT2D eigenvalue weighted by molar-refractivity contribution is 6.00. The van der Waals surface area contributed by atoms with E-state index in [0.717, 1.165) is 0 Å². The first-order chi connectivity index (χ1) is 12.8. The third kappa shape index (κ3) is 3.87. The number of fused-ring (bicyclic) bond motifs is 1. The summed E-state index contributed by atoms with van der Waals surface area (Å²) < 4.78 is 6.30. The number of aromatic carboxylic acids is 1. The standard InChI is InChI=1S/C18H15N3O6/c1-10(22)8-19-12-3-5-16(20-9-12)27-13-4-2-11-6-15(17(23)24)21(18(25)26)14(11)7-13/h2-7,9,19H,8H2,1H3,(H,23,24)(H,25,26). The molecule has 0 amide bonds. The Kier molecular flexibility index (Phi) is 4.75. The minimum atomic E-state index is -1.40. The zero-order valence-corrected chi connectivity index (χ0v) is 14.2. The first-order valence-corrected chi connectivity index (χ1v) is 7.84. The van der Waals surface area contributed by atoms with Crippen LogP contribution in [0.4, 0.5) is 10.5 Å². The lowest BCUT2D eigenvalue weighted by Crippen LogP contribution is -2.14. The number of benzene rings is 1. The van der Waals surface area contributed by atoms with E-state index >= 15 is 0 Å². The fourth-order valence-electron chi connectivity index (χ4n) is 2.50. The number of aromatic nitrogens is 2. The summed E-state index contributed by atoms with van der Waals surface area (Å²) in [4.78, 5) is 37.8. The van der Waals surface area contributed by atoms with Gasteiger partial charge in [0.05, 0.1) is 23.9 Å². The maximum Gasteiger partial charge on any atom is 0.416 e. The number of carboxylic acids is 1. The zero-order valence-electron chi connectivity index (χ0n) is 14.2.